The molecule has 3 heterocycles. The maximum absolute atomic E-state index is 13.2. The van der Waals surface area contributed by atoms with E-state index >= 15 is 0 Å². The van der Waals surface area contributed by atoms with Gasteiger partial charge in [0.1, 0.15) is 11.6 Å². The molecule has 32 heavy (non-hydrogen) atoms. The summed E-state index contributed by atoms with van der Waals surface area (Å²) in [5, 5.41) is 2.55. The number of aromatic nitrogens is 1. The number of benzene rings is 1. The summed E-state index contributed by atoms with van der Waals surface area (Å²) < 4.78 is 24.4. The first-order valence-corrected chi connectivity index (χ1v) is 10.5. The van der Waals surface area contributed by atoms with Gasteiger partial charge in [0.25, 0.3) is 5.91 Å². The third-order valence-electron chi connectivity index (χ3n) is 5.72. The van der Waals surface area contributed by atoms with E-state index in [9.17, 15) is 14.0 Å². The smallest absolute Gasteiger partial charge is 0.256 e. The van der Waals surface area contributed by atoms with Gasteiger partial charge in [0.05, 0.1) is 30.5 Å². The van der Waals surface area contributed by atoms with Crippen LogP contribution in [-0.4, -0.2) is 53.7 Å². The lowest BCUT2D eigenvalue weighted by Gasteiger charge is -2.30. The van der Waals surface area contributed by atoms with E-state index in [0.717, 1.165) is 18.9 Å². The molecule has 0 saturated carbocycles. The van der Waals surface area contributed by atoms with Crippen LogP contribution >= 0.6 is 0 Å². The van der Waals surface area contributed by atoms with Crippen LogP contribution in [0.15, 0.2) is 35.5 Å². The van der Waals surface area contributed by atoms with E-state index in [1.807, 2.05) is 18.0 Å². The van der Waals surface area contributed by atoms with Crippen molar-refractivity contribution in [3.8, 4) is 11.5 Å². The van der Waals surface area contributed by atoms with E-state index in [0.29, 0.717) is 35.7 Å². The number of carbonyl (C=O) groups excluding carboxylic acids is 2. The zero-order chi connectivity index (χ0) is 22.7. The molecule has 1 saturated heterocycles. The van der Waals surface area contributed by atoms with Crippen molar-refractivity contribution < 1.29 is 23.5 Å². The van der Waals surface area contributed by atoms with Crippen molar-refractivity contribution in [2.75, 3.05) is 25.6 Å². The third-order valence-corrected chi connectivity index (χ3v) is 5.72. The Bertz CT molecular complexity index is 1070. The Labute approximate surface area is 185 Å². The summed E-state index contributed by atoms with van der Waals surface area (Å²) in [5.41, 5.74) is 0.642. The van der Waals surface area contributed by atoms with Crippen molar-refractivity contribution in [2.24, 2.45) is 4.99 Å². The number of rotatable bonds is 7. The van der Waals surface area contributed by atoms with E-state index in [-0.39, 0.29) is 36.2 Å². The maximum Gasteiger partial charge on any atom is 0.256 e. The molecule has 1 aromatic heterocycles. The highest BCUT2D eigenvalue weighted by molar-refractivity contribution is 6.04. The van der Waals surface area contributed by atoms with Crippen molar-refractivity contribution in [3.63, 3.8) is 0 Å². The second-order valence-corrected chi connectivity index (χ2v) is 8.06. The lowest BCUT2D eigenvalue weighted by atomic mass is 10.0. The van der Waals surface area contributed by atoms with Gasteiger partial charge in [-0.25, -0.2) is 9.37 Å². The summed E-state index contributed by atoms with van der Waals surface area (Å²) in [5.74, 6) is 0.235. The zero-order valence-electron chi connectivity index (χ0n) is 18.1. The molecule has 0 bridgehead atoms. The number of nitrogens with one attached hydrogen (secondary N) is 1. The number of methoxy groups -OCH3 is 1. The summed E-state index contributed by atoms with van der Waals surface area (Å²) >= 11 is 0. The first-order valence-electron chi connectivity index (χ1n) is 10.5. The largest absolute Gasteiger partial charge is 0.493 e. The number of fused-ring (bicyclic) bond motifs is 2. The number of carbonyl (C=O) groups is 2. The summed E-state index contributed by atoms with van der Waals surface area (Å²) in [7, 11) is 1.51. The number of amides is 2. The van der Waals surface area contributed by atoms with Gasteiger partial charge in [-0.3, -0.25) is 14.6 Å². The van der Waals surface area contributed by atoms with Gasteiger partial charge in [0.2, 0.25) is 5.91 Å². The zero-order valence-corrected chi connectivity index (χ0v) is 18.1. The Balaban J connectivity index is 1.40. The number of hydrogen-bond donors (Lipinski definition) is 1. The molecule has 2 aliphatic heterocycles. The summed E-state index contributed by atoms with van der Waals surface area (Å²) in [4.78, 5) is 35.4. The first-order chi connectivity index (χ1) is 15.4. The minimum absolute atomic E-state index is 0.0648. The van der Waals surface area contributed by atoms with Gasteiger partial charge in [0.15, 0.2) is 11.5 Å². The van der Waals surface area contributed by atoms with Crippen LogP contribution in [-0.2, 0) is 4.79 Å². The summed E-state index contributed by atoms with van der Waals surface area (Å²) in [6, 6.07) is 5.72. The Hall–Kier alpha value is -3.49. The van der Waals surface area contributed by atoms with Gasteiger partial charge in [-0.1, -0.05) is 0 Å². The molecule has 1 aromatic carbocycles. The molecule has 1 fully saturated rings. The lowest BCUT2D eigenvalue weighted by molar-refractivity contribution is -0.116. The fourth-order valence-electron chi connectivity index (χ4n) is 4.00. The topological polar surface area (TPSA) is 93.1 Å². The Kier molecular flexibility index (Phi) is 6.07. The standard InChI is InChI=1S/C23H25FN4O4/c1-23-7-4-9-28(23)22(30)16-12-18(31-2)19(13-17(16)26-14-23)32-10-3-5-21(29)27-20-11-15(24)6-8-25-20/h6,8,11-14H,3-5,7,9-10H2,1-2H3,(H,25,27,29)/t23-/m0/s1. The van der Waals surface area contributed by atoms with Crippen LogP contribution in [0.2, 0.25) is 0 Å². The fraction of sp³-hybridized carbons (Fsp3) is 0.391. The molecule has 8 nitrogen and oxygen atoms in total. The van der Waals surface area contributed by atoms with Crippen molar-refractivity contribution in [1.29, 1.82) is 0 Å². The molecule has 1 N–H and O–H groups in total. The van der Waals surface area contributed by atoms with Crippen molar-refractivity contribution in [3.05, 3.63) is 41.8 Å². The van der Waals surface area contributed by atoms with E-state index in [4.69, 9.17) is 9.47 Å². The van der Waals surface area contributed by atoms with Crippen molar-refractivity contribution in [1.82, 2.24) is 9.88 Å². The van der Waals surface area contributed by atoms with E-state index in [1.165, 1.54) is 19.4 Å². The lowest BCUT2D eigenvalue weighted by Crippen LogP contribution is -2.45. The van der Waals surface area contributed by atoms with Crippen LogP contribution in [0.4, 0.5) is 15.9 Å². The van der Waals surface area contributed by atoms with Crippen LogP contribution in [0.25, 0.3) is 0 Å². The van der Waals surface area contributed by atoms with Crippen molar-refractivity contribution in [2.45, 2.75) is 38.1 Å². The minimum atomic E-state index is -0.468. The van der Waals surface area contributed by atoms with Crippen molar-refractivity contribution >= 4 is 29.5 Å². The van der Waals surface area contributed by atoms with Gasteiger partial charge in [0, 0.05) is 37.5 Å². The second kappa shape index (κ2) is 8.94. The highest BCUT2D eigenvalue weighted by Gasteiger charge is 2.41. The quantitative estimate of drug-likeness (QED) is 0.662. The molecule has 9 heteroatoms. The van der Waals surface area contributed by atoms with Gasteiger partial charge < -0.3 is 19.7 Å². The molecular formula is C23H25FN4O4. The average molecular weight is 440 g/mol. The molecule has 2 aliphatic rings. The predicted octanol–water partition coefficient (Wildman–Crippen LogP) is 3.74. The number of halogens is 1. The third kappa shape index (κ3) is 4.42. The molecule has 0 spiro atoms. The average Bonchev–Trinajstić information content (AvgIpc) is 3.12. The van der Waals surface area contributed by atoms with Gasteiger partial charge in [-0.15, -0.1) is 0 Å². The van der Waals surface area contributed by atoms with Gasteiger partial charge >= 0.3 is 0 Å². The molecule has 2 amide bonds. The molecule has 4 rings (SSSR count). The normalized spacial score (nSPS) is 19.2. The molecule has 0 radical (unpaired) electrons. The van der Waals surface area contributed by atoms with Crippen LogP contribution in [0.3, 0.4) is 0 Å². The maximum atomic E-state index is 13.2. The number of hydrogen-bond acceptors (Lipinski definition) is 6. The van der Waals surface area contributed by atoms with Crippen LogP contribution in [0, 0.1) is 5.82 Å². The molecular weight excluding hydrogens is 415 g/mol. The van der Waals surface area contributed by atoms with Gasteiger partial charge in [-0.05, 0) is 38.3 Å². The highest BCUT2D eigenvalue weighted by Crippen LogP contribution is 2.40. The first kappa shape index (κ1) is 21.7. The predicted molar refractivity (Wildman–Crippen MR) is 117 cm³/mol. The minimum Gasteiger partial charge on any atom is -0.493 e. The molecule has 0 unspecified atom stereocenters. The summed E-state index contributed by atoms with van der Waals surface area (Å²) in [6.07, 6.45) is 5.56. The van der Waals surface area contributed by atoms with E-state index in [1.54, 1.807) is 12.1 Å². The second-order valence-electron chi connectivity index (χ2n) is 8.06. The number of anilines is 1. The Morgan fingerprint density at radius 1 is 1.31 bits per heavy atom. The number of aliphatic imine (C=N–C) groups is 1. The fourth-order valence-corrected chi connectivity index (χ4v) is 4.00. The van der Waals surface area contributed by atoms with E-state index < -0.39 is 5.82 Å². The summed E-state index contributed by atoms with van der Waals surface area (Å²) in [6.45, 7) is 2.97. The van der Waals surface area contributed by atoms with Crippen LogP contribution in [0.1, 0.15) is 43.0 Å². The number of nitrogens with zero attached hydrogens (tertiary/aromatic N) is 3. The molecule has 0 aliphatic carbocycles. The SMILES string of the molecule is COc1cc2c(cc1OCCCC(=O)Nc1cc(F)ccn1)N=C[C@]1(C)CCCN1C2=O. The Morgan fingerprint density at radius 3 is 2.94 bits per heavy atom. The van der Waals surface area contributed by atoms with Crippen LogP contribution in [0.5, 0.6) is 11.5 Å². The van der Waals surface area contributed by atoms with Crippen LogP contribution < -0.4 is 14.8 Å². The van der Waals surface area contributed by atoms with Gasteiger partial charge in [-0.2, -0.15) is 0 Å². The van der Waals surface area contributed by atoms with E-state index in [2.05, 4.69) is 15.3 Å². The molecule has 168 valence electrons. The number of ether oxygens (including phenoxy) is 2. The highest BCUT2D eigenvalue weighted by atomic mass is 19.1. The molecule has 1 atom stereocenters. The Morgan fingerprint density at radius 2 is 2.16 bits per heavy atom. The monoisotopic (exact) mass is 440 g/mol. The number of pyridine rings is 1. The molecule has 2 aromatic rings.